The molecule has 0 spiro atoms. The van der Waals surface area contributed by atoms with Gasteiger partial charge < -0.3 is 4.90 Å². The second-order valence-electron chi connectivity index (χ2n) is 5.17. The highest BCUT2D eigenvalue weighted by Crippen LogP contribution is 2.19. The smallest absolute Gasteiger partial charge is 0.244 e. The first kappa shape index (κ1) is 16.8. The van der Waals surface area contributed by atoms with Crippen molar-refractivity contribution < 1.29 is 4.79 Å². The molecule has 0 aliphatic heterocycles. The van der Waals surface area contributed by atoms with Crippen molar-refractivity contribution in [1.29, 1.82) is 0 Å². The molecule has 8 heteroatoms. The van der Waals surface area contributed by atoms with Gasteiger partial charge in [0.05, 0.1) is 28.0 Å². The second kappa shape index (κ2) is 6.71. The highest BCUT2D eigenvalue weighted by Gasteiger charge is 2.17. The minimum absolute atomic E-state index is 0.0793. The normalized spacial score (nSPS) is 11.0. The minimum atomic E-state index is -0.0793. The summed E-state index contributed by atoms with van der Waals surface area (Å²) in [5, 5.41) is 9.77. The summed E-state index contributed by atoms with van der Waals surface area (Å²) in [5.41, 5.74) is 2.19. The Morgan fingerprint density at radius 2 is 2.00 bits per heavy atom. The zero-order valence-corrected chi connectivity index (χ0v) is 14.6. The number of nitrogens with zero attached hydrogens (tertiary/aromatic N) is 5. The van der Waals surface area contributed by atoms with Crippen LogP contribution in [0.1, 0.15) is 24.0 Å². The van der Waals surface area contributed by atoms with Crippen molar-refractivity contribution in [2.45, 2.75) is 40.4 Å². The Balaban J connectivity index is 2.05. The van der Waals surface area contributed by atoms with Gasteiger partial charge in [0.25, 0.3) is 0 Å². The van der Waals surface area contributed by atoms with E-state index < -0.39 is 0 Å². The van der Waals surface area contributed by atoms with Crippen molar-refractivity contribution >= 4 is 29.1 Å². The fourth-order valence-corrected chi connectivity index (χ4v) is 2.44. The molecule has 0 aliphatic carbocycles. The lowest BCUT2D eigenvalue weighted by Gasteiger charge is -2.16. The van der Waals surface area contributed by atoms with Gasteiger partial charge in [-0.2, -0.15) is 10.2 Å². The predicted molar refractivity (Wildman–Crippen MR) is 86.1 cm³/mol. The fraction of sp³-hybridized carbons (Fsp3) is 0.500. The van der Waals surface area contributed by atoms with E-state index in [-0.39, 0.29) is 12.5 Å². The maximum atomic E-state index is 12.3. The van der Waals surface area contributed by atoms with Crippen LogP contribution in [0.15, 0.2) is 6.20 Å². The van der Waals surface area contributed by atoms with Gasteiger partial charge in [0.15, 0.2) is 0 Å². The number of hydrogen-bond donors (Lipinski definition) is 0. The van der Waals surface area contributed by atoms with Crippen LogP contribution < -0.4 is 0 Å². The van der Waals surface area contributed by atoms with Crippen molar-refractivity contribution in [3.05, 3.63) is 33.3 Å². The summed E-state index contributed by atoms with van der Waals surface area (Å²) in [6, 6.07) is 0. The van der Waals surface area contributed by atoms with Gasteiger partial charge in [0, 0.05) is 19.8 Å². The topological polar surface area (TPSA) is 56.0 Å². The lowest BCUT2D eigenvalue weighted by Crippen LogP contribution is -2.30. The zero-order valence-electron chi connectivity index (χ0n) is 13.1. The Morgan fingerprint density at radius 1 is 1.32 bits per heavy atom. The third-order valence-electron chi connectivity index (χ3n) is 3.50. The van der Waals surface area contributed by atoms with Gasteiger partial charge in [-0.3, -0.25) is 14.2 Å². The van der Waals surface area contributed by atoms with E-state index >= 15 is 0 Å². The first-order valence-electron chi connectivity index (χ1n) is 6.98. The molecule has 2 rings (SSSR count). The summed E-state index contributed by atoms with van der Waals surface area (Å²) in [6.07, 6.45) is 1.76. The van der Waals surface area contributed by atoms with E-state index in [0.29, 0.717) is 22.3 Å². The molecule has 2 aromatic rings. The summed E-state index contributed by atoms with van der Waals surface area (Å²) in [4.78, 5) is 13.9. The lowest BCUT2D eigenvalue weighted by molar-refractivity contribution is -0.131. The molecule has 0 saturated heterocycles. The van der Waals surface area contributed by atoms with E-state index in [9.17, 15) is 4.79 Å². The summed E-state index contributed by atoms with van der Waals surface area (Å²) in [6.45, 7) is 6.88. The molecule has 0 radical (unpaired) electrons. The molecule has 120 valence electrons. The standard InChI is InChI=1S/C14H19Cl2N5O/c1-5-20-6-11(15)12(18-20)7-19(4)13(22)8-21-10(3)14(16)9(2)17-21/h6H,5,7-8H2,1-4H3. The monoisotopic (exact) mass is 343 g/mol. The zero-order chi connectivity index (χ0) is 16.4. The molecular formula is C14H19Cl2N5O. The summed E-state index contributed by atoms with van der Waals surface area (Å²) in [7, 11) is 1.72. The van der Waals surface area contributed by atoms with E-state index in [0.717, 1.165) is 17.9 Å². The van der Waals surface area contributed by atoms with Gasteiger partial charge in [-0.15, -0.1) is 0 Å². The first-order valence-corrected chi connectivity index (χ1v) is 7.74. The van der Waals surface area contributed by atoms with Crippen molar-refractivity contribution in [2.75, 3.05) is 7.05 Å². The third kappa shape index (κ3) is 3.44. The molecule has 0 atom stereocenters. The molecule has 0 fully saturated rings. The van der Waals surface area contributed by atoms with Gasteiger partial charge in [-0.25, -0.2) is 0 Å². The molecule has 2 heterocycles. The van der Waals surface area contributed by atoms with Crippen LogP contribution in [0.3, 0.4) is 0 Å². The Labute approximate surface area is 139 Å². The summed E-state index contributed by atoms with van der Waals surface area (Å²) < 4.78 is 3.36. The van der Waals surface area contributed by atoms with Gasteiger partial charge in [0.2, 0.25) is 5.91 Å². The molecule has 0 unspecified atom stereocenters. The number of carbonyl (C=O) groups excluding carboxylic acids is 1. The molecular weight excluding hydrogens is 325 g/mol. The SMILES string of the molecule is CCn1cc(Cl)c(CN(C)C(=O)Cn2nc(C)c(Cl)c2C)n1. The van der Waals surface area contributed by atoms with Crippen LogP contribution >= 0.6 is 23.2 Å². The maximum Gasteiger partial charge on any atom is 0.244 e. The van der Waals surface area contributed by atoms with E-state index in [2.05, 4.69) is 10.2 Å². The largest absolute Gasteiger partial charge is 0.338 e. The van der Waals surface area contributed by atoms with Crippen LogP contribution in [0.4, 0.5) is 0 Å². The number of rotatable bonds is 5. The highest BCUT2D eigenvalue weighted by molar-refractivity contribution is 6.31. The predicted octanol–water partition coefficient (Wildman–Crippen LogP) is 2.68. The molecule has 0 aromatic carbocycles. The van der Waals surface area contributed by atoms with Gasteiger partial charge >= 0.3 is 0 Å². The van der Waals surface area contributed by atoms with E-state index in [1.165, 1.54) is 0 Å². The van der Waals surface area contributed by atoms with Crippen LogP contribution in [0.2, 0.25) is 10.0 Å². The number of aryl methyl sites for hydroxylation is 2. The number of aromatic nitrogens is 4. The maximum absolute atomic E-state index is 12.3. The number of halogens is 2. The fourth-order valence-electron chi connectivity index (χ4n) is 2.10. The lowest BCUT2D eigenvalue weighted by atomic mass is 10.3. The van der Waals surface area contributed by atoms with Crippen molar-refractivity contribution in [2.24, 2.45) is 0 Å². The Bertz CT molecular complexity index is 692. The van der Waals surface area contributed by atoms with E-state index in [4.69, 9.17) is 23.2 Å². The molecule has 0 N–H and O–H groups in total. The molecule has 0 bridgehead atoms. The van der Waals surface area contributed by atoms with E-state index in [1.54, 1.807) is 27.5 Å². The number of hydrogen-bond acceptors (Lipinski definition) is 3. The van der Waals surface area contributed by atoms with Crippen LogP contribution in [0, 0.1) is 13.8 Å². The molecule has 0 aliphatic rings. The Kier molecular flexibility index (Phi) is 5.13. The first-order chi connectivity index (χ1) is 10.3. The van der Waals surface area contributed by atoms with Crippen LogP contribution in [0.5, 0.6) is 0 Å². The van der Waals surface area contributed by atoms with Crippen molar-refractivity contribution in [1.82, 2.24) is 24.5 Å². The third-order valence-corrected chi connectivity index (χ3v) is 4.36. The van der Waals surface area contributed by atoms with Crippen LogP contribution in [-0.2, 0) is 24.4 Å². The number of carbonyl (C=O) groups is 1. The van der Waals surface area contributed by atoms with Gasteiger partial charge in [-0.05, 0) is 20.8 Å². The molecule has 6 nitrogen and oxygen atoms in total. The molecule has 1 amide bonds. The Hall–Kier alpha value is -1.53. The van der Waals surface area contributed by atoms with Crippen molar-refractivity contribution in [3.63, 3.8) is 0 Å². The molecule has 2 aromatic heterocycles. The number of amides is 1. The summed E-state index contributed by atoms with van der Waals surface area (Å²) in [5.74, 6) is -0.0793. The average molecular weight is 344 g/mol. The second-order valence-corrected chi connectivity index (χ2v) is 5.96. The number of likely N-dealkylation sites (N-methyl/N-ethyl adjacent to an activating group) is 1. The van der Waals surface area contributed by atoms with Crippen LogP contribution in [-0.4, -0.2) is 37.4 Å². The van der Waals surface area contributed by atoms with E-state index in [1.807, 2.05) is 20.8 Å². The van der Waals surface area contributed by atoms with Gasteiger partial charge in [0.1, 0.15) is 12.2 Å². The Morgan fingerprint density at radius 3 is 2.50 bits per heavy atom. The summed E-state index contributed by atoms with van der Waals surface area (Å²) >= 11 is 12.2. The molecule has 22 heavy (non-hydrogen) atoms. The molecule has 0 saturated carbocycles. The van der Waals surface area contributed by atoms with Gasteiger partial charge in [-0.1, -0.05) is 23.2 Å². The average Bonchev–Trinajstić information content (AvgIpc) is 2.95. The highest BCUT2D eigenvalue weighted by atomic mass is 35.5. The quantitative estimate of drug-likeness (QED) is 0.838. The van der Waals surface area contributed by atoms with Crippen LogP contribution in [0.25, 0.3) is 0 Å². The van der Waals surface area contributed by atoms with Crippen molar-refractivity contribution in [3.8, 4) is 0 Å². The minimum Gasteiger partial charge on any atom is -0.338 e.